The van der Waals surface area contributed by atoms with Crippen LogP contribution in [0, 0.1) is 11.7 Å². The van der Waals surface area contributed by atoms with Crippen molar-refractivity contribution in [3.63, 3.8) is 0 Å². The van der Waals surface area contributed by atoms with Crippen LogP contribution in [0.15, 0.2) is 59.5 Å². The van der Waals surface area contributed by atoms with Gasteiger partial charge in [-0.05, 0) is 37.4 Å². The Morgan fingerprint density at radius 1 is 1.18 bits per heavy atom. The number of benzene rings is 1. The van der Waals surface area contributed by atoms with E-state index in [4.69, 9.17) is 11.6 Å². The first-order chi connectivity index (χ1) is 16.4. The fraction of sp³-hybridized carbons (Fsp3) is 0.261. The van der Waals surface area contributed by atoms with Crippen LogP contribution >= 0.6 is 22.9 Å². The fourth-order valence-electron chi connectivity index (χ4n) is 3.91. The zero-order valence-corrected chi connectivity index (χ0v) is 19.8. The van der Waals surface area contributed by atoms with E-state index in [1.807, 2.05) is 0 Å². The number of anilines is 1. The van der Waals surface area contributed by atoms with E-state index >= 15 is 0 Å². The quantitative estimate of drug-likeness (QED) is 0.481. The van der Waals surface area contributed by atoms with Crippen molar-refractivity contribution < 1.29 is 14.0 Å². The lowest BCUT2D eigenvalue weighted by Crippen LogP contribution is -2.40. The molecule has 34 heavy (non-hydrogen) atoms. The highest BCUT2D eigenvalue weighted by atomic mass is 35.5. The van der Waals surface area contributed by atoms with Crippen molar-refractivity contribution in [2.75, 3.05) is 32.0 Å². The largest absolute Gasteiger partial charge is 0.351 e. The number of amides is 3. The number of aromatic nitrogens is 1. The van der Waals surface area contributed by atoms with Gasteiger partial charge in [0.1, 0.15) is 5.82 Å². The first kappa shape index (κ1) is 23.9. The van der Waals surface area contributed by atoms with Gasteiger partial charge in [-0.2, -0.15) is 0 Å². The summed E-state index contributed by atoms with van der Waals surface area (Å²) in [6.45, 7) is 1.17. The second-order valence-corrected chi connectivity index (χ2v) is 9.59. The van der Waals surface area contributed by atoms with Gasteiger partial charge in [0, 0.05) is 49.9 Å². The van der Waals surface area contributed by atoms with Crippen molar-refractivity contribution in [2.24, 2.45) is 5.92 Å². The summed E-state index contributed by atoms with van der Waals surface area (Å²) >= 11 is 7.09. The summed E-state index contributed by atoms with van der Waals surface area (Å²) < 4.78 is 16.5. The van der Waals surface area contributed by atoms with Crippen molar-refractivity contribution in [3.8, 4) is 5.69 Å². The minimum Gasteiger partial charge on any atom is -0.351 e. The number of carbonyl (C=O) groups excluding carboxylic acids is 2. The van der Waals surface area contributed by atoms with Crippen molar-refractivity contribution in [3.05, 3.63) is 80.1 Å². The Morgan fingerprint density at radius 2 is 2.00 bits per heavy atom. The van der Waals surface area contributed by atoms with Gasteiger partial charge in [-0.1, -0.05) is 17.7 Å². The second kappa shape index (κ2) is 10.4. The number of likely N-dealkylation sites (N-methyl/N-ethyl adjacent to an activating group) is 1. The summed E-state index contributed by atoms with van der Waals surface area (Å²) in [4.78, 5) is 39.2. The third-order valence-electron chi connectivity index (χ3n) is 5.72. The molecule has 8 nitrogen and oxygen atoms in total. The number of carbonyl (C=O) groups is 2. The van der Waals surface area contributed by atoms with Crippen molar-refractivity contribution >= 4 is 40.6 Å². The van der Waals surface area contributed by atoms with Gasteiger partial charge < -0.3 is 20.9 Å². The molecular weight excluding hydrogens is 481 g/mol. The average Bonchev–Trinajstić information content (AvgIpc) is 3.45. The number of halogens is 2. The van der Waals surface area contributed by atoms with Gasteiger partial charge in [0.2, 0.25) is 0 Å². The Labute approximate surface area is 204 Å². The predicted molar refractivity (Wildman–Crippen MR) is 131 cm³/mol. The maximum atomic E-state index is 14.7. The van der Waals surface area contributed by atoms with E-state index < -0.39 is 11.8 Å². The summed E-state index contributed by atoms with van der Waals surface area (Å²) in [5, 5.41) is 8.67. The molecule has 1 fully saturated rings. The third-order valence-corrected chi connectivity index (χ3v) is 6.95. The highest BCUT2D eigenvalue weighted by Gasteiger charge is 2.34. The number of thiophene rings is 1. The van der Waals surface area contributed by atoms with Crippen molar-refractivity contribution in [2.45, 2.75) is 6.04 Å². The molecule has 3 N–H and O–H groups in total. The van der Waals surface area contributed by atoms with E-state index in [2.05, 4.69) is 16.0 Å². The van der Waals surface area contributed by atoms with Crippen LogP contribution in [0.2, 0.25) is 4.34 Å². The molecule has 0 aliphatic carbocycles. The Bertz CT molecular complexity index is 1260. The molecule has 0 spiro atoms. The summed E-state index contributed by atoms with van der Waals surface area (Å²) in [7, 11) is 1.80. The predicted octanol–water partition coefficient (Wildman–Crippen LogP) is 3.17. The number of likely N-dealkylation sites (tertiary alicyclic amines) is 1. The van der Waals surface area contributed by atoms with Crippen LogP contribution < -0.4 is 21.5 Å². The molecule has 3 heterocycles. The first-order valence-electron chi connectivity index (χ1n) is 10.6. The molecule has 178 valence electrons. The van der Waals surface area contributed by atoms with Crippen LogP contribution in [0.1, 0.15) is 9.67 Å². The van der Waals surface area contributed by atoms with Crippen LogP contribution in [0.4, 0.5) is 14.9 Å². The van der Waals surface area contributed by atoms with E-state index in [-0.39, 0.29) is 29.1 Å². The van der Waals surface area contributed by atoms with E-state index in [1.54, 1.807) is 48.5 Å². The summed E-state index contributed by atoms with van der Waals surface area (Å²) in [6, 6.07) is 11.7. The lowest BCUT2D eigenvalue weighted by atomic mass is 10.0. The molecule has 2 atom stereocenters. The molecule has 1 unspecified atom stereocenters. The number of nitrogens with one attached hydrogen (secondary N) is 3. The number of nitrogens with zero attached hydrogens (tertiary/aromatic N) is 2. The Morgan fingerprint density at radius 3 is 2.68 bits per heavy atom. The number of urea groups is 1. The normalized spacial score (nSPS) is 17.6. The van der Waals surface area contributed by atoms with Gasteiger partial charge >= 0.3 is 6.03 Å². The van der Waals surface area contributed by atoms with Crippen LogP contribution in [-0.2, 0) is 0 Å². The number of rotatable bonds is 6. The number of pyridine rings is 1. The zero-order valence-electron chi connectivity index (χ0n) is 18.3. The SMILES string of the molecule is CNC1CN(C(=O)Nc2ccc(-n3ccccc3=O)cc2F)C[C@H]1CNC(=O)c1ccc(Cl)s1. The summed E-state index contributed by atoms with van der Waals surface area (Å²) in [5.74, 6) is -0.883. The maximum absolute atomic E-state index is 14.7. The smallest absolute Gasteiger partial charge is 0.321 e. The Kier molecular flexibility index (Phi) is 7.30. The fourth-order valence-corrected chi connectivity index (χ4v) is 4.87. The first-order valence-corrected chi connectivity index (χ1v) is 11.8. The minimum absolute atomic E-state index is 0.0186. The van der Waals surface area contributed by atoms with Gasteiger partial charge in [-0.3, -0.25) is 14.2 Å². The topological polar surface area (TPSA) is 95.5 Å². The highest BCUT2D eigenvalue weighted by Crippen LogP contribution is 2.23. The average molecular weight is 504 g/mol. The van der Waals surface area contributed by atoms with Crippen molar-refractivity contribution in [1.82, 2.24) is 20.1 Å². The monoisotopic (exact) mass is 503 g/mol. The summed E-state index contributed by atoms with van der Waals surface area (Å²) in [6.07, 6.45) is 1.55. The minimum atomic E-state index is -0.649. The van der Waals surface area contributed by atoms with E-state index in [0.717, 1.165) is 0 Å². The van der Waals surface area contributed by atoms with Gasteiger partial charge in [-0.15, -0.1) is 11.3 Å². The molecule has 3 aromatic rings. The van der Waals surface area contributed by atoms with Crippen molar-refractivity contribution in [1.29, 1.82) is 0 Å². The maximum Gasteiger partial charge on any atom is 0.321 e. The lowest BCUT2D eigenvalue weighted by Gasteiger charge is -2.18. The second-order valence-electron chi connectivity index (χ2n) is 7.88. The number of hydrogen-bond acceptors (Lipinski definition) is 5. The molecule has 0 radical (unpaired) electrons. The molecule has 3 amide bonds. The van der Waals surface area contributed by atoms with Crippen LogP contribution in [0.3, 0.4) is 0 Å². The molecule has 11 heteroatoms. The van der Waals surface area contributed by atoms with E-state index in [0.29, 0.717) is 34.5 Å². The highest BCUT2D eigenvalue weighted by molar-refractivity contribution is 7.18. The molecule has 1 aliphatic rings. The molecule has 0 bridgehead atoms. The lowest BCUT2D eigenvalue weighted by molar-refractivity contribution is 0.0950. The molecular formula is C23H23ClFN5O3S. The van der Waals surface area contributed by atoms with Gasteiger partial charge in [0.25, 0.3) is 11.5 Å². The molecule has 2 aromatic heterocycles. The third kappa shape index (κ3) is 5.30. The standard InChI is InChI=1S/C23H23ClFN5O3S/c1-26-18-13-29(12-14(18)11-27-22(32)19-7-8-20(24)34-19)23(33)28-17-6-5-15(10-16(17)25)30-9-3-2-4-21(30)31/h2-10,14,18,26H,11-13H2,1H3,(H,27,32)(H,28,33)/t14-,18?/m1/s1. The van der Waals surface area contributed by atoms with Crippen LogP contribution in [-0.4, -0.2) is 54.1 Å². The van der Waals surface area contributed by atoms with Gasteiger partial charge in [0.05, 0.1) is 20.6 Å². The molecule has 4 rings (SSSR count). The molecule has 0 saturated carbocycles. The summed E-state index contributed by atoms with van der Waals surface area (Å²) in [5.41, 5.74) is 0.0968. The Balaban J connectivity index is 1.38. The van der Waals surface area contributed by atoms with Crippen LogP contribution in [0.5, 0.6) is 0 Å². The Hall–Kier alpha value is -3.21. The van der Waals surface area contributed by atoms with Gasteiger partial charge in [0.15, 0.2) is 0 Å². The number of hydrogen-bond donors (Lipinski definition) is 3. The molecule has 1 saturated heterocycles. The van der Waals surface area contributed by atoms with Gasteiger partial charge in [-0.25, -0.2) is 9.18 Å². The van der Waals surface area contributed by atoms with E-state index in [1.165, 1.54) is 34.1 Å². The molecule has 1 aliphatic heterocycles. The zero-order chi connectivity index (χ0) is 24.2. The molecule has 1 aromatic carbocycles. The van der Waals surface area contributed by atoms with Crippen LogP contribution in [0.25, 0.3) is 5.69 Å². The van der Waals surface area contributed by atoms with E-state index in [9.17, 15) is 18.8 Å².